The Morgan fingerprint density at radius 2 is 1.95 bits per heavy atom. The van der Waals surface area contributed by atoms with Crippen LogP contribution in [0, 0.1) is 0 Å². The van der Waals surface area contributed by atoms with E-state index in [4.69, 9.17) is 14.6 Å². The van der Waals surface area contributed by atoms with Gasteiger partial charge in [-0.2, -0.15) is 0 Å². The molecule has 0 atom stereocenters. The average molecular weight is 262 g/mol. The monoisotopic (exact) mass is 262 g/mol. The molecule has 0 spiro atoms. The Labute approximate surface area is 109 Å². The number of aliphatic carboxylic acids is 1. The number of rotatable bonds is 4. The van der Waals surface area contributed by atoms with Crippen molar-refractivity contribution < 1.29 is 19.4 Å². The molecule has 6 heteroatoms. The molecule has 0 aliphatic carbocycles. The predicted octanol–water partition coefficient (Wildman–Crippen LogP) is 1.69. The fourth-order valence-corrected chi connectivity index (χ4v) is 1.83. The highest BCUT2D eigenvalue weighted by Crippen LogP contribution is 2.32. The van der Waals surface area contributed by atoms with Crippen LogP contribution in [0.3, 0.4) is 0 Å². The maximum atomic E-state index is 10.5. The lowest BCUT2D eigenvalue weighted by molar-refractivity contribution is -0.131. The van der Waals surface area contributed by atoms with Gasteiger partial charge in [0.05, 0.1) is 25.3 Å². The van der Waals surface area contributed by atoms with Crippen LogP contribution in [0.25, 0.3) is 17.1 Å². The number of imidazole rings is 1. The van der Waals surface area contributed by atoms with Gasteiger partial charge in [-0.25, -0.2) is 9.78 Å². The average Bonchev–Trinajstić information content (AvgIpc) is 2.71. The minimum Gasteiger partial charge on any atom is -0.493 e. The van der Waals surface area contributed by atoms with Crippen LogP contribution in [-0.2, 0) is 11.8 Å². The van der Waals surface area contributed by atoms with Gasteiger partial charge in [-0.1, -0.05) is 0 Å². The molecular formula is C13H14N2O4. The SMILES string of the molecule is COc1cc2nc(/C=C/C(=O)O)n(C)c2cc1OC. The topological polar surface area (TPSA) is 73.6 Å². The molecule has 1 aromatic heterocycles. The van der Waals surface area contributed by atoms with Crippen LogP contribution >= 0.6 is 0 Å². The fourth-order valence-electron chi connectivity index (χ4n) is 1.83. The smallest absolute Gasteiger partial charge is 0.328 e. The van der Waals surface area contributed by atoms with Gasteiger partial charge in [0.15, 0.2) is 11.5 Å². The van der Waals surface area contributed by atoms with E-state index < -0.39 is 5.97 Å². The standard InChI is InChI=1S/C13H14N2O4/c1-15-9-7-11(19-3)10(18-2)6-8(9)14-12(15)4-5-13(16)17/h4-7H,1-3H3,(H,16,17)/b5-4+. The summed E-state index contributed by atoms with van der Waals surface area (Å²) < 4.78 is 12.2. The molecular weight excluding hydrogens is 248 g/mol. The summed E-state index contributed by atoms with van der Waals surface area (Å²) in [4.78, 5) is 14.9. The zero-order valence-corrected chi connectivity index (χ0v) is 10.9. The Bertz CT molecular complexity index is 658. The number of nitrogens with zero attached hydrogens (tertiary/aromatic N) is 2. The van der Waals surface area contributed by atoms with Gasteiger partial charge in [0.2, 0.25) is 0 Å². The Hall–Kier alpha value is -2.50. The highest BCUT2D eigenvalue weighted by molar-refractivity contribution is 5.87. The third-order valence-electron chi connectivity index (χ3n) is 2.80. The first-order valence-electron chi connectivity index (χ1n) is 5.56. The summed E-state index contributed by atoms with van der Waals surface area (Å²) in [7, 11) is 4.92. The van der Waals surface area contributed by atoms with Gasteiger partial charge in [-0.3, -0.25) is 0 Å². The van der Waals surface area contributed by atoms with E-state index in [1.807, 2.05) is 7.05 Å². The van der Waals surface area contributed by atoms with Gasteiger partial charge < -0.3 is 19.1 Å². The minimum absolute atomic E-state index is 0.549. The number of aryl methyl sites for hydroxylation is 1. The molecule has 6 nitrogen and oxygen atoms in total. The molecule has 0 aliphatic heterocycles. The number of benzene rings is 1. The lowest BCUT2D eigenvalue weighted by atomic mass is 10.2. The van der Waals surface area contributed by atoms with Crippen LogP contribution in [0.2, 0.25) is 0 Å². The van der Waals surface area contributed by atoms with Gasteiger partial charge in [-0.05, 0) is 6.08 Å². The summed E-state index contributed by atoms with van der Waals surface area (Å²) in [6.45, 7) is 0. The van der Waals surface area contributed by atoms with Crippen molar-refractivity contribution in [1.82, 2.24) is 9.55 Å². The van der Waals surface area contributed by atoms with E-state index in [0.29, 0.717) is 22.8 Å². The molecule has 0 amide bonds. The molecule has 2 aromatic rings. The summed E-state index contributed by atoms with van der Waals surface area (Å²) in [6.07, 6.45) is 2.50. The van der Waals surface area contributed by atoms with Crippen molar-refractivity contribution in [3.8, 4) is 11.5 Å². The van der Waals surface area contributed by atoms with E-state index in [-0.39, 0.29) is 0 Å². The van der Waals surface area contributed by atoms with Crippen molar-refractivity contribution in [2.45, 2.75) is 0 Å². The van der Waals surface area contributed by atoms with E-state index in [1.54, 1.807) is 30.9 Å². The molecule has 1 aromatic carbocycles. The Morgan fingerprint density at radius 3 is 2.53 bits per heavy atom. The molecule has 100 valence electrons. The minimum atomic E-state index is -1.01. The molecule has 0 aliphatic rings. The van der Waals surface area contributed by atoms with E-state index in [1.165, 1.54) is 6.08 Å². The molecule has 0 bridgehead atoms. The highest BCUT2D eigenvalue weighted by atomic mass is 16.5. The number of fused-ring (bicyclic) bond motifs is 1. The quantitative estimate of drug-likeness (QED) is 0.849. The summed E-state index contributed by atoms with van der Waals surface area (Å²) in [5.74, 6) is 0.726. The Morgan fingerprint density at radius 1 is 1.32 bits per heavy atom. The fraction of sp³-hybridized carbons (Fsp3) is 0.231. The molecule has 0 unspecified atom stereocenters. The van der Waals surface area contributed by atoms with Gasteiger partial charge >= 0.3 is 5.97 Å². The molecule has 1 heterocycles. The Balaban J connectivity index is 2.59. The van der Waals surface area contributed by atoms with Crippen molar-refractivity contribution in [2.24, 2.45) is 7.05 Å². The zero-order valence-electron chi connectivity index (χ0n) is 10.9. The summed E-state index contributed by atoms with van der Waals surface area (Å²) in [5.41, 5.74) is 1.55. The third-order valence-corrected chi connectivity index (χ3v) is 2.80. The largest absolute Gasteiger partial charge is 0.493 e. The summed E-state index contributed by atoms with van der Waals surface area (Å²) in [5, 5.41) is 8.64. The van der Waals surface area contributed by atoms with Crippen molar-refractivity contribution in [1.29, 1.82) is 0 Å². The first-order valence-corrected chi connectivity index (χ1v) is 5.56. The first-order chi connectivity index (χ1) is 9.06. The molecule has 2 rings (SSSR count). The number of carboxylic acid groups (broad SMARTS) is 1. The van der Waals surface area contributed by atoms with Crippen molar-refractivity contribution in [3.63, 3.8) is 0 Å². The zero-order chi connectivity index (χ0) is 14.0. The van der Waals surface area contributed by atoms with E-state index in [9.17, 15) is 4.79 Å². The van der Waals surface area contributed by atoms with Crippen LogP contribution in [0.15, 0.2) is 18.2 Å². The van der Waals surface area contributed by atoms with Crippen molar-refractivity contribution in [2.75, 3.05) is 14.2 Å². The van der Waals surface area contributed by atoms with Crippen molar-refractivity contribution >= 4 is 23.1 Å². The normalized spacial score (nSPS) is 11.1. The predicted molar refractivity (Wildman–Crippen MR) is 70.5 cm³/mol. The molecule has 0 fully saturated rings. The maximum Gasteiger partial charge on any atom is 0.328 e. The van der Waals surface area contributed by atoms with Crippen LogP contribution in [0.4, 0.5) is 0 Å². The molecule has 1 N–H and O–H groups in total. The van der Waals surface area contributed by atoms with Crippen LogP contribution in [-0.4, -0.2) is 34.8 Å². The lowest BCUT2D eigenvalue weighted by Gasteiger charge is -2.07. The first kappa shape index (κ1) is 12.9. The second-order valence-corrected chi connectivity index (χ2v) is 3.90. The number of hydrogen-bond donors (Lipinski definition) is 1. The highest BCUT2D eigenvalue weighted by Gasteiger charge is 2.11. The van der Waals surface area contributed by atoms with Crippen LogP contribution in [0.1, 0.15) is 5.82 Å². The second kappa shape index (κ2) is 5.01. The summed E-state index contributed by atoms with van der Waals surface area (Å²) in [6, 6.07) is 3.56. The number of aromatic nitrogens is 2. The number of carboxylic acids is 1. The number of carbonyl (C=O) groups is 1. The number of ether oxygens (including phenoxy) is 2. The van der Waals surface area contributed by atoms with Crippen LogP contribution in [0.5, 0.6) is 11.5 Å². The second-order valence-electron chi connectivity index (χ2n) is 3.90. The molecule has 0 saturated heterocycles. The van der Waals surface area contributed by atoms with E-state index in [0.717, 1.165) is 11.6 Å². The Kier molecular flexibility index (Phi) is 3.41. The van der Waals surface area contributed by atoms with Gasteiger partial charge in [0.1, 0.15) is 5.82 Å². The van der Waals surface area contributed by atoms with Gasteiger partial charge in [0.25, 0.3) is 0 Å². The van der Waals surface area contributed by atoms with E-state index >= 15 is 0 Å². The van der Waals surface area contributed by atoms with Crippen LogP contribution < -0.4 is 9.47 Å². The van der Waals surface area contributed by atoms with Gasteiger partial charge in [-0.15, -0.1) is 0 Å². The molecule has 19 heavy (non-hydrogen) atoms. The van der Waals surface area contributed by atoms with Gasteiger partial charge in [0, 0.05) is 25.3 Å². The third kappa shape index (κ3) is 2.37. The number of hydrogen-bond acceptors (Lipinski definition) is 4. The van der Waals surface area contributed by atoms with Crippen molar-refractivity contribution in [3.05, 3.63) is 24.0 Å². The molecule has 0 radical (unpaired) electrons. The lowest BCUT2D eigenvalue weighted by Crippen LogP contribution is -1.94. The maximum absolute atomic E-state index is 10.5. The number of methoxy groups -OCH3 is 2. The molecule has 0 saturated carbocycles. The van der Waals surface area contributed by atoms with E-state index in [2.05, 4.69) is 4.98 Å². The summed E-state index contributed by atoms with van der Waals surface area (Å²) >= 11 is 0.